The van der Waals surface area contributed by atoms with Crippen molar-refractivity contribution in [1.82, 2.24) is 0 Å². The molecule has 0 radical (unpaired) electrons. The van der Waals surface area contributed by atoms with E-state index in [1.54, 1.807) is 0 Å². The number of ether oxygens (including phenoxy) is 9. The molecule has 0 amide bonds. The number of aliphatic carboxylic acids is 4. The highest BCUT2D eigenvalue weighted by molar-refractivity contribution is 5.75. The van der Waals surface area contributed by atoms with Gasteiger partial charge in [0.15, 0.2) is 49.6 Å². The first kappa shape index (κ1) is 41.0. The third kappa shape index (κ3) is 8.09. The maximum Gasteiger partial charge on any atom is 0.335 e. The van der Waals surface area contributed by atoms with Crippen LogP contribution in [0.4, 0.5) is 0 Å². The standard InChI is InChI=1S/C26H38O25/c1-43-11-3(27)8(32)24(49-15(11)19(35)36)46-13-5(29)10(34)26(51-17(13)21(39)40)47-14-6(30)9(33)25(50-18(14)22(41)42)45-12-4(28)7(31)23(44-2)48-16(12)20(37)38/h3-18,23-34H,1-2H3,(H,35,36)(H,37,38)(H,39,40)(H,41,42)/t3-,4?,5?,6-,7?,8?,9?,10?,11+,12+,13+,14+,15?,16+,17+,18?,23-,24+,25+,26-/m0/s1. The fourth-order valence-corrected chi connectivity index (χ4v) is 5.86. The second-order valence-corrected chi connectivity index (χ2v) is 11.7. The molecule has 8 unspecified atom stereocenters. The average Bonchev–Trinajstić information content (AvgIpc) is 3.07. The van der Waals surface area contributed by atoms with Crippen molar-refractivity contribution in [2.24, 2.45) is 0 Å². The Labute approximate surface area is 284 Å². The summed E-state index contributed by atoms with van der Waals surface area (Å²) in [5, 5.41) is 123. The molecule has 4 aliphatic heterocycles. The van der Waals surface area contributed by atoms with Gasteiger partial charge in [-0.15, -0.1) is 0 Å². The SMILES string of the molecule is CO[C@H]1O[C@@H](C(=O)O)[C@H](O[C@@H]2OC(C(=O)O)[C@H](O[C@H]3O[C@@H](C(=O)O)[C@H](O[C@@H]4OC(C(=O)O)[C@H](OC)[C@@H](O)C4O)C(O)C3O)[C@@H](O)C2O)C(O)C1O. The molecule has 0 spiro atoms. The minimum absolute atomic E-state index is 1.000. The van der Waals surface area contributed by atoms with Gasteiger partial charge >= 0.3 is 23.9 Å². The molecule has 0 saturated carbocycles. The zero-order valence-corrected chi connectivity index (χ0v) is 26.2. The number of carboxylic acid groups (broad SMARTS) is 4. The molecule has 0 aromatic rings. The summed E-state index contributed by atoms with van der Waals surface area (Å²) < 4.78 is 46.0. The van der Waals surface area contributed by atoms with E-state index in [1.807, 2.05) is 0 Å². The van der Waals surface area contributed by atoms with Gasteiger partial charge in [-0.3, -0.25) is 0 Å². The van der Waals surface area contributed by atoms with E-state index in [1.165, 1.54) is 0 Å². The van der Waals surface area contributed by atoms with Crippen LogP contribution in [0.5, 0.6) is 0 Å². The quantitative estimate of drug-likeness (QED) is 0.0881. The van der Waals surface area contributed by atoms with E-state index in [-0.39, 0.29) is 0 Å². The monoisotopic (exact) mass is 750 g/mol. The predicted octanol–water partition coefficient (Wildman–Crippen LogP) is -8.07. The lowest BCUT2D eigenvalue weighted by atomic mass is 9.95. The fraction of sp³-hybridized carbons (Fsp3) is 0.846. The van der Waals surface area contributed by atoms with Gasteiger partial charge in [-0.25, -0.2) is 19.2 Å². The van der Waals surface area contributed by atoms with Gasteiger partial charge in [0.25, 0.3) is 0 Å². The number of aliphatic hydroxyl groups excluding tert-OH is 8. The highest BCUT2D eigenvalue weighted by Crippen LogP contribution is 2.35. The molecule has 0 aromatic heterocycles. The first-order valence-corrected chi connectivity index (χ1v) is 14.9. The summed E-state index contributed by atoms with van der Waals surface area (Å²) in [6.07, 6.45) is -43.0. The smallest absolute Gasteiger partial charge is 0.335 e. The molecule has 292 valence electrons. The third-order valence-electron chi connectivity index (χ3n) is 8.53. The van der Waals surface area contributed by atoms with Crippen molar-refractivity contribution in [3.8, 4) is 0 Å². The van der Waals surface area contributed by atoms with Crippen molar-refractivity contribution >= 4 is 23.9 Å². The summed E-state index contributed by atoms with van der Waals surface area (Å²) in [6.45, 7) is 0. The molecular formula is C26H38O25. The molecule has 0 aromatic carbocycles. The van der Waals surface area contributed by atoms with Crippen molar-refractivity contribution in [1.29, 1.82) is 0 Å². The van der Waals surface area contributed by atoms with Gasteiger partial charge in [-0.05, 0) is 0 Å². The highest BCUT2D eigenvalue weighted by Gasteiger charge is 2.58. The van der Waals surface area contributed by atoms with Crippen molar-refractivity contribution in [3.05, 3.63) is 0 Å². The van der Waals surface area contributed by atoms with E-state index in [0.29, 0.717) is 0 Å². The van der Waals surface area contributed by atoms with Crippen LogP contribution in [0.1, 0.15) is 0 Å². The summed E-state index contributed by atoms with van der Waals surface area (Å²) in [5.74, 6) is -7.32. The minimum Gasteiger partial charge on any atom is -0.479 e. The Morgan fingerprint density at radius 3 is 0.863 bits per heavy atom. The van der Waals surface area contributed by atoms with Crippen LogP contribution in [-0.2, 0) is 61.8 Å². The zero-order valence-electron chi connectivity index (χ0n) is 26.2. The third-order valence-corrected chi connectivity index (χ3v) is 8.53. The highest BCUT2D eigenvalue weighted by atomic mass is 16.8. The number of carboxylic acids is 4. The van der Waals surface area contributed by atoms with Gasteiger partial charge < -0.3 is 104 Å². The summed E-state index contributed by atoms with van der Waals surface area (Å²) in [4.78, 5) is 47.8. The lowest BCUT2D eigenvalue weighted by Gasteiger charge is -2.48. The molecule has 25 nitrogen and oxygen atoms in total. The molecule has 4 fully saturated rings. The van der Waals surface area contributed by atoms with Crippen LogP contribution in [0.15, 0.2) is 0 Å². The number of aliphatic hydroxyl groups is 8. The van der Waals surface area contributed by atoms with Crippen LogP contribution in [0, 0.1) is 0 Å². The lowest BCUT2D eigenvalue weighted by molar-refractivity contribution is -0.378. The number of carbonyl (C=O) groups is 4. The number of hydrogen-bond acceptors (Lipinski definition) is 21. The Hall–Kier alpha value is -2.80. The van der Waals surface area contributed by atoms with Crippen LogP contribution >= 0.6 is 0 Å². The Bertz CT molecular complexity index is 1250. The molecule has 4 heterocycles. The molecule has 20 atom stereocenters. The first-order valence-electron chi connectivity index (χ1n) is 14.9. The Balaban J connectivity index is 1.51. The van der Waals surface area contributed by atoms with Crippen LogP contribution in [0.3, 0.4) is 0 Å². The molecule has 0 bridgehead atoms. The second kappa shape index (κ2) is 16.5. The van der Waals surface area contributed by atoms with Gasteiger partial charge in [0.1, 0.15) is 73.2 Å². The first-order chi connectivity index (χ1) is 23.9. The van der Waals surface area contributed by atoms with E-state index < -0.39 is 147 Å². The Morgan fingerprint density at radius 1 is 0.373 bits per heavy atom. The van der Waals surface area contributed by atoms with Crippen molar-refractivity contribution in [2.75, 3.05) is 14.2 Å². The molecular weight excluding hydrogens is 712 g/mol. The second-order valence-electron chi connectivity index (χ2n) is 11.7. The largest absolute Gasteiger partial charge is 0.479 e. The average molecular weight is 751 g/mol. The van der Waals surface area contributed by atoms with E-state index in [0.717, 1.165) is 14.2 Å². The minimum atomic E-state index is -2.40. The van der Waals surface area contributed by atoms with E-state index in [9.17, 15) is 80.5 Å². The van der Waals surface area contributed by atoms with E-state index in [2.05, 4.69) is 0 Å². The summed E-state index contributed by atoms with van der Waals surface area (Å²) in [7, 11) is 2.02. The van der Waals surface area contributed by atoms with Crippen LogP contribution in [0.2, 0.25) is 0 Å². The Morgan fingerprint density at radius 2 is 0.608 bits per heavy atom. The molecule has 51 heavy (non-hydrogen) atoms. The van der Waals surface area contributed by atoms with Crippen LogP contribution in [-0.4, -0.2) is 222 Å². The summed E-state index contributed by atoms with van der Waals surface area (Å²) in [5.41, 5.74) is 0. The van der Waals surface area contributed by atoms with Crippen LogP contribution in [0.25, 0.3) is 0 Å². The molecule has 4 saturated heterocycles. The number of hydrogen-bond donors (Lipinski definition) is 12. The Kier molecular flexibility index (Phi) is 13.2. The number of rotatable bonds is 12. The van der Waals surface area contributed by atoms with Crippen molar-refractivity contribution < 1.29 is 123 Å². The van der Waals surface area contributed by atoms with Gasteiger partial charge in [-0.1, -0.05) is 0 Å². The van der Waals surface area contributed by atoms with Gasteiger partial charge in [0.2, 0.25) is 0 Å². The molecule has 4 aliphatic rings. The van der Waals surface area contributed by atoms with Gasteiger partial charge in [-0.2, -0.15) is 0 Å². The summed E-state index contributed by atoms with van der Waals surface area (Å²) in [6, 6.07) is 0. The lowest BCUT2D eigenvalue weighted by Crippen LogP contribution is -2.68. The van der Waals surface area contributed by atoms with E-state index >= 15 is 0 Å². The van der Waals surface area contributed by atoms with E-state index in [4.69, 9.17) is 42.6 Å². The molecule has 12 N–H and O–H groups in total. The topological polar surface area (TPSA) is 394 Å². The van der Waals surface area contributed by atoms with Gasteiger partial charge in [0, 0.05) is 14.2 Å². The maximum atomic E-state index is 12.2. The zero-order chi connectivity index (χ0) is 38.2. The number of methoxy groups -OCH3 is 2. The van der Waals surface area contributed by atoms with Crippen molar-refractivity contribution in [2.45, 2.75) is 123 Å². The van der Waals surface area contributed by atoms with Crippen molar-refractivity contribution in [3.63, 3.8) is 0 Å². The van der Waals surface area contributed by atoms with Gasteiger partial charge in [0.05, 0.1) is 0 Å². The molecule has 0 aliphatic carbocycles. The molecule has 25 heteroatoms. The molecule has 4 rings (SSSR count). The normalized spacial score (nSPS) is 47.7. The van der Waals surface area contributed by atoms with Crippen LogP contribution < -0.4 is 0 Å². The maximum absolute atomic E-state index is 12.2. The summed E-state index contributed by atoms with van der Waals surface area (Å²) >= 11 is 0. The fourth-order valence-electron chi connectivity index (χ4n) is 5.86. The predicted molar refractivity (Wildman–Crippen MR) is 146 cm³/mol.